The van der Waals surface area contributed by atoms with Crippen molar-refractivity contribution >= 4 is 11.9 Å². The van der Waals surface area contributed by atoms with E-state index in [0.717, 1.165) is 11.1 Å². The summed E-state index contributed by atoms with van der Waals surface area (Å²) >= 11 is 0. The van der Waals surface area contributed by atoms with Crippen LogP contribution in [0, 0.1) is 23.2 Å². The molecule has 6 nitrogen and oxygen atoms in total. The predicted molar refractivity (Wildman–Crippen MR) is 117 cm³/mol. The van der Waals surface area contributed by atoms with Crippen LogP contribution in [0.15, 0.2) is 23.8 Å². The molecule has 2 fully saturated rings. The molecule has 2 saturated carbocycles. The maximum atomic E-state index is 12.7. The molecule has 0 amide bonds. The SMILES string of the molecule is C=C1CC(CO)=C[C@H]2[C@@H]3C(C)(C)[C@]3(OC(=O)CCC)[C@H](OC(=O)CCC)[C@@H](C)[C@]2(O)C1. The van der Waals surface area contributed by atoms with Crippen molar-refractivity contribution in [3.63, 3.8) is 0 Å². The molecule has 3 aliphatic rings. The average molecular weight is 435 g/mol. The minimum absolute atomic E-state index is 0.106. The van der Waals surface area contributed by atoms with Crippen molar-refractivity contribution in [2.24, 2.45) is 23.2 Å². The van der Waals surface area contributed by atoms with E-state index in [1.165, 1.54) is 0 Å². The molecule has 0 aromatic rings. The number of hydrogen-bond donors (Lipinski definition) is 2. The Morgan fingerprint density at radius 2 is 1.81 bits per heavy atom. The fourth-order valence-corrected chi connectivity index (χ4v) is 6.30. The van der Waals surface area contributed by atoms with E-state index in [1.807, 2.05) is 40.7 Å². The summed E-state index contributed by atoms with van der Waals surface area (Å²) < 4.78 is 12.1. The number of carbonyl (C=O) groups is 2. The van der Waals surface area contributed by atoms with E-state index >= 15 is 0 Å². The molecule has 0 aromatic heterocycles. The third kappa shape index (κ3) is 3.66. The first kappa shape index (κ1) is 24.0. The summed E-state index contributed by atoms with van der Waals surface area (Å²) in [7, 11) is 0. The molecule has 0 heterocycles. The number of rotatable bonds is 7. The molecular weight excluding hydrogens is 396 g/mol. The summed E-state index contributed by atoms with van der Waals surface area (Å²) in [5, 5.41) is 21.9. The third-order valence-electron chi connectivity index (χ3n) is 7.84. The van der Waals surface area contributed by atoms with Gasteiger partial charge in [-0.1, -0.05) is 52.8 Å². The first-order chi connectivity index (χ1) is 14.5. The lowest BCUT2D eigenvalue weighted by Gasteiger charge is -2.49. The average Bonchev–Trinajstić information content (AvgIpc) is 3.20. The maximum absolute atomic E-state index is 12.7. The predicted octanol–water partition coefficient (Wildman–Crippen LogP) is 3.70. The number of ether oxygens (including phenoxy) is 2. The smallest absolute Gasteiger partial charge is 0.306 e. The molecule has 0 unspecified atom stereocenters. The molecule has 0 bridgehead atoms. The summed E-state index contributed by atoms with van der Waals surface area (Å²) in [4.78, 5) is 25.3. The standard InChI is InChI=1S/C25H38O6/c1-7-9-19(27)30-22-16(4)24(29)13-15(3)11-17(14-26)12-18(24)21-23(5,6)25(21,22)31-20(28)10-8-2/h12,16,18,21-22,26,29H,3,7-11,13-14H2,1-2,4-6H3/t16-,18+,21-,22-,24-,25-/m1/s1. The van der Waals surface area contributed by atoms with Crippen LogP contribution in [0.5, 0.6) is 0 Å². The van der Waals surface area contributed by atoms with Crippen LogP contribution in [0.25, 0.3) is 0 Å². The Bertz CT molecular complexity index is 783. The van der Waals surface area contributed by atoms with Crippen LogP contribution in [-0.2, 0) is 19.1 Å². The number of aliphatic hydroxyl groups is 2. The lowest BCUT2D eigenvalue weighted by molar-refractivity contribution is -0.211. The highest BCUT2D eigenvalue weighted by Crippen LogP contribution is 2.76. The van der Waals surface area contributed by atoms with Crippen molar-refractivity contribution < 1.29 is 29.3 Å². The van der Waals surface area contributed by atoms with Crippen LogP contribution in [0.4, 0.5) is 0 Å². The van der Waals surface area contributed by atoms with Crippen LogP contribution in [0.3, 0.4) is 0 Å². The molecule has 0 saturated heterocycles. The van der Waals surface area contributed by atoms with Gasteiger partial charge in [0.05, 0.1) is 12.2 Å². The van der Waals surface area contributed by atoms with E-state index in [2.05, 4.69) is 6.58 Å². The third-order valence-corrected chi connectivity index (χ3v) is 7.84. The monoisotopic (exact) mass is 434 g/mol. The van der Waals surface area contributed by atoms with Crippen molar-refractivity contribution in [3.05, 3.63) is 23.8 Å². The van der Waals surface area contributed by atoms with E-state index < -0.39 is 28.6 Å². The molecule has 174 valence electrons. The molecule has 3 aliphatic carbocycles. The van der Waals surface area contributed by atoms with Gasteiger partial charge in [-0.25, -0.2) is 0 Å². The number of aliphatic hydroxyl groups excluding tert-OH is 1. The normalized spacial score (nSPS) is 38.3. The van der Waals surface area contributed by atoms with E-state index in [-0.39, 0.29) is 43.2 Å². The lowest BCUT2D eigenvalue weighted by Crippen LogP contribution is -2.60. The topological polar surface area (TPSA) is 93.1 Å². The number of carbonyl (C=O) groups excluding carboxylic acids is 2. The molecule has 2 N–H and O–H groups in total. The first-order valence-electron chi connectivity index (χ1n) is 11.6. The van der Waals surface area contributed by atoms with Gasteiger partial charge in [-0.3, -0.25) is 9.59 Å². The summed E-state index contributed by atoms with van der Waals surface area (Å²) in [5.74, 6) is -1.69. The molecule has 6 atom stereocenters. The Kier molecular flexibility index (Phi) is 6.47. The Hall–Kier alpha value is -1.66. The van der Waals surface area contributed by atoms with Crippen LogP contribution < -0.4 is 0 Å². The Labute approximate surface area is 185 Å². The summed E-state index contributed by atoms with van der Waals surface area (Å²) in [6.07, 6.45) is 3.98. The van der Waals surface area contributed by atoms with Gasteiger partial charge < -0.3 is 19.7 Å². The van der Waals surface area contributed by atoms with Gasteiger partial charge in [0.15, 0.2) is 5.60 Å². The van der Waals surface area contributed by atoms with Crippen molar-refractivity contribution in [1.29, 1.82) is 0 Å². The Morgan fingerprint density at radius 1 is 1.19 bits per heavy atom. The molecule has 0 radical (unpaired) electrons. The fraction of sp³-hybridized carbons (Fsp3) is 0.760. The second kappa shape index (κ2) is 8.36. The second-order valence-electron chi connectivity index (χ2n) is 10.3. The van der Waals surface area contributed by atoms with Gasteiger partial charge in [0, 0.05) is 36.0 Å². The van der Waals surface area contributed by atoms with Crippen molar-refractivity contribution in [2.45, 2.75) is 90.4 Å². The van der Waals surface area contributed by atoms with Crippen LogP contribution in [0.2, 0.25) is 0 Å². The highest BCUT2D eigenvalue weighted by Gasteiger charge is 2.86. The highest BCUT2D eigenvalue weighted by molar-refractivity contribution is 5.72. The minimum atomic E-state index is -1.20. The van der Waals surface area contributed by atoms with Gasteiger partial charge >= 0.3 is 11.9 Å². The Balaban J connectivity index is 2.12. The molecule has 6 heteroatoms. The first-order valence-corrected chi connectivity index (χ1v) is 11.6. The molecule has 0 spiro atoms. The van der Waals surface area contributed by atoms with Crippen LogP contribution in [-0.4, -0.2) is 46.1 Å². The van der Waals surface area contributed by atoms with Gasteiger partial charge in [0.25, 0.3) is 0 Å². The summed E-state index contributed by atoms with van der Waals surface area (Å²) in [5.41, 5.74) is -1.05. The second-order valence-corrected chi connectivity index (χ2v) is 10.3. The van der Waals surface area contributed by atoms with Gasteiger partial charge in [0.2, 0.25) is 0 Å². The lowest BCUT2D eigenvalue weighted by atomic mass is 9.64. The quantitative estimate of drug-likeness (QED) is 0.469. The van der Waals surface area contributed by atoms with Crippen LogP contribution in [0.1, 0.15) is 73.1 Å². The zero-order valence-corrected chi connectivity index (χ0v) is 19.6. The molecule has 31 heavy (non-hydrogen) atoms. The van der Waals surface area contributed by atoms with Gasteiger partial charge in [-0.05, 0) is 31.3 Å². The van der Waals surface area contributed by atoms with Crippen molar-refractivity contribution in [3.8, 4) is 0 Å². The van der Waals surface area contributed by atoms with E-state index in [9.17, 15) is 19.8 Å². The largest absolute Gasteiger partial charge is 0.458 e. The van der Waals surface area contributed by atoms with E-state index in [4.69, 9.17) is 9.47 Å². The maximum Gasteiger partial charge on any atom is 0.306 e. The number of esters is 2. The zero-order valence-electron chi connectivity index (χ0n) is 19.6. The molecule has 0 aromatic carbocycles. The number of hydrogen-bond acceptors (Lipinski definition) is 6. The Morgan fingerprint density at radius 3 is 2.39 bits per heavy atom. The molecule has 3 rings (SSSR count). The molecule has 0 aliphatic heterocycles. The van der Waals surface area contributed by atoms with Gasteiger partial charge in [-0.2, -0.15) is 0 Å². The van der Waals surface area contributed by atoms with E-state index in [0.29, 0.717) is 25.7 Å². The summed E-state index contributed by atoms with van der Waals surface area (Å²) in [6, 6.07) is 0. The van der Waals surface area contributed by atoms with Crippen molar-refractivity contribution in [2.75, 3.05) is 6.61 Å². The summed E-state index contributed by atoms with van der Waals surface area (Å²) in [6.45, 7) is 13.7. The fourth-order valence-electron chi connectivity index (χ4n) is 6.30. The molecular formula is C25H38O6. The minimum Gasteiger partial charge on any atom is -0.458 e. The van der Waals surface area contributed by atoms with E-state index in [1.54, 1.807) is 0 Å². The van der Waals surface area contributed by atoms with Crippen LogP contribution >= 0.6 is 0 Å². The zero-order chi connectivity index (χ0) is 23.2. The highest BCUT2D eigenvalue weighted by atomic mass is 16.6. The van der Waals surface area contributed by atoms with Gasteiger partial charge in [-0.15, -0.1) is 0 Å². The van der Waals surface area contributed by atoms with Crippen molar-refractivity contribution in [1.82, 2.24) is 0 Å². The van der Waals surface area contributed by atoms with Gasteiger partial charge in [0.1, 0.15) is 6.10 Å². The number of fused-ring (bicyclic) bond motifs is 3.